The van der Waals surface area contributed by atoms with E-state index >= 15 is 0 Å². The van der Waals surface area contributed by atoms with Crippen molar-refractivity contribution in [2.45, 2.75) is 6.18 Å². The molecule has 0 saturated carbocycles. The molecule has 6 heteroatoms. The number of rotatable bonds is 3. The number of nitrogens with two attached hydrogens (primary N) is 2. The number of nitrogen functional groups attached to an aromatic ring is 2. The second kappa shape index (κ2) is 6.11. The SMILES string of the molecule is Nc1cc(-c2ccccc2C(F)(F)F)cc(/C=C/CO)c1N. The number of hydrogen-bond acceptors (Lipinski definition) is 3. The van der Waals surface area contributed by atoms with Crippen LogP contribution in [-0.2, 0) is 6.18 Å². The number of halogens is 3. The number of benzene rings is 2. The summed E-state index contributed by atoms with van der Waals surface area (Å²) in [6, 6.07) is 8.19. The van der Waals surface area contributed by atoms with E-state index in [2.05, 4.69) is 0 Å². The molecule has 0 aliphatic carbocycles. The van der Waals surface area contributed by atoms with Crippen molar-refractivity contribution in [3.8, 4) is 11.1 Å². The molecule has 2 aromatic rings. The Bertz CT molecular complexity index is 709. The fourth-order valence-electron chi connectivity index (χ4n) is 2.15. The fraction of sp³-hybridized carbons (Fsp3) is 0.125. The van der Waals surface area contributed by atoms with Crippen LogP contribution in [0.25, 0.3) is 17.2 Å². The van der Waals surface area contributed by atoms with Crippen molar-refractivity contribution >= 4 is 17.5 Å². The van der Waals surface area contributed by atoms with Crippen molar-refractivity contribution in [2.24, 2.45) is 0 Å². The average molecular weight is 308 g/mol. The Morgan fingerprint density at radius 2 is 1.77 bits per heavy atom. The first-order valence-corrected chi connectivity index (χ1v) is 6.47. The molecule has 2 rings (SSSR count). The first-order valence-electron chi connectivity index (χ1n) is 6.47. The number of aliphatic hydroxyl groups is 1. The molecule has 2 aromatic carbocycles. The summed E-state index contributed by atoms with van der Waals surface area (Å²) in [5, 5.41) is 8.82. The molecule has 5 N–H and O–H groups in total. The monoisotopic (exact) mass is 308 g/mol. The summed E-state index contributed by atoms with van der Waals surface area (Å²) in [6.07, 6.45) is -1.51. The van der Waals surface area contributed by atoms with Crippen LogP contribution in [0, 0.1) is 0 Å². The second-order valence-electron chi connectivity index (χ2n) is 4.70. The summed E-state index contributed by atoms with van der Waals surface area (Å²) in [6.45, 7) is -0.206. The first-order chi connectivity index (χ1) is 10.3. The van der Waals surface area contributed by atoms with Gasteiger partial charge in [0, 0.05) is 0 Å². The molecular weight excluding hydrogens is 293 g/mol. The lowest BCUT2D eigenvalue weighted by Gasteiger charge is -2.15. The van der Waals surface area contributed by atoms with E-state index in [9.17, 15) is 13.2 Å². The van der Waals surface area contributed by atoms with Crippen LogP contribution in [-0.4, -0.2) is 11.7 Å². The zero-order chi connectivity index (χ0) is 16.3. The Morgan fingerprint density at radius 1 is 1.09 bits per heavy atom. The van der Waals surface area contributed by atoms with Crippen molar-refractivity contribution in [3.05, 3.63) is 53.6 Å². The molecule has 0 aromatic heterocycles. The predicted octanol–water partition coefficient (Wildman–Crippen LogP) is 3.54. The zero-order valence-corrected chi connectivity index (χ0v) is 11.6. The van der Waals surface area contributed by atoms with E-state index in [0.29, 0.717) is 11.1 Å². The fourth-order valence-corrected chi connectivity index (χ4v) is 2.15. The van der Waals surface area contributed by atoms with Crippen molar-refractivity contribution in [1.29, 1.82) is 0 Å². The molecule has 0 aliphatic heterocycles. The van der Waals surface area contributed by atoms with Gasteiger partial charge in [-0.3, -0.25) is 0 Å². The van der Waals surface area contributed by atoms with E-state index in [-0.39, 0.29) is 23.5 Å². The number of anilines is 2. The molecule has 22 heavy (non-hydrogen) atoms. The molecular formula is C16H15F3N2O. The summed E-state index contributed by atoms with van der Waals surface area (Å²) in [7, 11) is 0. The molecule has 0 spiro atoms. The van der Waals surface area contributed by atoms with E-state index in [0.717, 1.165) is 6.07 Å². The largest absolute Gasteiger partial charge is 0.417 e. The molecule has 0 amide bonds. The summed E-state index contributed by atoms with van der Waals surface area (Å²) in [4.78, 5) is 0. The number of hydrogen-bond donors (Lipinski definition) is 3. The third kappa shape index (κ3) is 3.23. The minimum atomic E-state index is -4.46. The van der Waals surface area contributed by atoms with Crippen LogP contribution in [0.4, 0.5) is 24.5 Å². The Hall–Kier alpha value is -2.47. The van der Waals surface area contributed by atoms with Crippen LogP contribution < -0.4 is 11.5 Å². The Balaban J connectivity index is 2.64. The van der Waals surface area contributed by atoms with E-state index in [4.69, 9.17) is 16.6 Å². The topological polar surface area (TPSA) is 72.3 Å². The van der Waals surface area contributed by atoms with Crippen molar-refractivity contribution in [2.75, 3.05) is 18.1 Å². The molecule has 0 atom stereocenters. The maximum Gasteiger partial charge on any atom is 0.417 e. The number of alkyl halides is 3. The van der Waals surface area contributed by atoms with Crippen molar-refractivity contribution < 1.29 is 18.3 Å². The third-order valence-corrected chi connectivity index (χ3v) is 3.19. The van der Waals surface area contributed by atoms with Gasteiger partial charge in [-0.2, -0.15) is 13.2 Å². The normalized spacial score (nSPS) is 12.0. The van der Waals surface area contributed by atoms with Gasteiger partial charge in [-0.15, -0.1) is 0 Å². The van der Waals surface area contributed by atoms with Gasteiger partial charge in [-0.1, -0.05) is 30.4 Å². The smallest absolute Gasteiger partial charge is 0.397 e. The third-order valence-electron chi connectivity index (χ3n) is 3.19. The lowest BCUT2D eigenvalue weighted by atomic mass is 9.96. The maximum atomic E-state index is 13.1. The molecule has 0 radical (unpaired) electrons. The van der Waals surface area contributed by atoms with Gasteiger partial charge < -0.3 is 16.6 Å². The summed E-state index contributed by atoms with van der Waals surface area (Å²) >= 11 is 0. The quantitative estimate of drug-likeness (QED) is 0.759. The Labute approximate surface area is 125 Å². The van der Waals surface area contributed by atoms with Gasteiger partial charge in [-0.05, 0) is 34.9 Å². The van der Waals surface area contributed by atoms with E-state index in [1.54, 1.807) is 0 Å². The van der Waals surface area contributed by atoms with Crippen molar-refractivity contribution in [3.63, 3.8) is 0 Å². The van der Waals surface area contributed by atoms with Gasteiger partial charge in [0.05, 0.1) is 23.5 Å². The lowest BCUT2D eigenvalue weighted by Crippen LogP contribution is -2.07. The minimum absolute atomic E-state index is 0.0281. The predicted molar refractivity (Wildman–Crippen MR) is 81.8 cm³/mol. The van der Waals surface area contributed by atoms with E-state index in [1.807, 2.05) is 0 Å². The average Bonchev–Trinajstić information content (AvgIpc) is 2.47. The van der Waals surface area contributed by atoms with Gasteiger partial charge in [0.1, 0.15) is 0 Å². The molecule has 0 aliphatic rings. The highest BCUT2D eigenvalue weighted by atomic mass is 19.4. The molecule has 3 nitrogen and oxygen atoms in total. The van der Waals surface area contributed by atoms with Gasteiger partial charge in [-0.25, -0.2) is 0 Å². The van der Waals surface area contributed by atoms with Crippen LogP contribution in [0.5, 0.6) is 0 Å². The highest BCUT2D eigenvalue weighted by Crippen LogP contribution is 2.39. The van der Waals surface area contributed by atoms with Crippen LogP contribution in [0.1, 0.15) is 11.1 Å². The van der Waals surface area contributed by atoms with Gasteiger partial charge in [0.25, 0.3) is 0 Å². The molecule has 0 bridgehead atoms. The zero-order valence-electron chi connectivity index (χ0n) is 11.6. The summed E-state index contributed by atoms with van der Waals surface area (Å²) in [5.74, 6) is 0. The van der Waals surface area contributed by atoms with Crippen LogP contribution in [0.3, 0.4) is 0 Å². The molecule has 0 fully saturated rings. The van der Waals surface area contributed by atoms with Gasteiger partial charge >= 0.3 is 6.18 Å². The van der Waals surface area contributed by atoms with Crippen LogP contribution in [0.15, 0.2) is 42.5 Å². The van der Waals surface area contributed by atoms with E-state index < -0.39 is 11.7 Å². The standard InChI is InChI=1S/C16H15F3N2O/c17-16(18,19)13-6-2-1-5-12(13)11-8-10(4-3-7-22)15(21)14(20)9-11/h1-6,8-9,22H,7,20-21H2/b4-3+. The molecule has 0 unspecified atom stereocenters. The maximum absolute atomic E-state index is 13.1. The molecule has 116 valence electrons. The van der Waals surface area contributed by atoms with Crippen LogP contribution >= 0.6 is 0 Å². The highest BCUT2D eigenvalue weighted by molar-refractivity contribution is 5.83. The van der Waals surface area contributed by atoms with Crippen molar-refractivity contribution in [1.82, 2.24) is 0 Å². The van der Waals surface area contributed by atoms with Gasteiger partial charge in [0.2, 0.25) is 0 Å². The summed E-state index contributed by atoms with van der Waals surface area (Å²) in [5.41, 5.74) is 12.1. The molecule has 0 heterocycles. The summed E-state index contributed by atoms with van der Waals surface area (Å²) < 4.78 is 39.3. The Kier molecular flexibility index (Phi) is 4.42. The lowest BCUT2D eigenvalue weighted by molar-refractivity contribution is -0.137. The Morgan fingerprint density at radius 3 is 2.41 bits per heavy atom. The molecule has 0 saturated heterocycles. The highest BCUT2D eigenvalue weighted by Gasteiger charge is 2.33. The first kappa shape index (κ1) is 15.9. The second-order valence-corrected chi connectivity index (χ2v) is 4.70. The van der Waals surface area contributed by atoms with Crippen LogP contribution in [0.2, 0.25) is 0 Å². The number of aliphatic hydroxyl groups excluding tert-OH is 1. The minimum Gasteiger partial charge on any atom is -0.397 e. The van der Waals surface area contributed by atoms with Gasteiger partial charge in [0.15, 0.2) is 0 Å². The van der Waals surface area contributed by atoms with E-state index in [1.165, 1.54) is 42.5 Å².